The van der Waals surface area contributed by atoms with E-state index in [1.54, 1.807) is 10.9 Å². The monoisotopic (exact) mass is 284 g/mol. The minimum Gasteiger partial charge on any atom is -0.383 e. The van der Waals surface area contributed by atoms with E-state index in [2.05, 4.69) is 15.2 Å². The maximum Gasteiger partial charge on any atom is 0.263 e. The minimum atomic E-state index is 0.381. The lowest BCUT2D eigenvalue weighted by atomic mass is 10.3. The van der Waals surface area contributed by atoms with Gasteiger partial charge in [0.25, 0.3) is 5.89 Å². The SMILES string of the molecule is CN(C)Cc1noc(-c2cnn(-c3ccccc3)c2N)n1. The summed E-state index contributed by atoms with van der Waals surface area (Å²) in [6.45, 7) is 0.607. The summed E-state index contributed by atoms with van der Waals surface area (Å²) in [5.41, 5.74) is 7.66. The van der Waals surface area contributed by atoms with Gasteiger partial charge in [-0.05, 0) is 26.2 Å². The van der Waals surface area contributed by atoms with Crippen LogP contribution >= 0.6 is 0 Å². The van der Waals surface area contributed by atoms with Crippen molar-refractivity contribution in [3.8, 4) is 17.1 Å². The van der Waals surface area contributed by atoms with Gasteiger partial charge in [-0.15, -0.1) is 0 Å². The summed E-state index contributed by atoms with van der Waals surface area (Å²) in [6, 6.07) is 9.66. The lowest BCUT2D eigenvalue weighted by molar-refractivity contribution is 0.365. The quantitative estimate of drug-likeness (QED) is 0.782. The number of anilines is 1. The number of hydrogen-bond acceptors (Lipinski definition) is 6. The molecule has 0 atom stereocenters. The van der Waals surface area contributed by atoms with Crippen molar-refractivity contribution in [2.24, 2.45) is 0 Å². The fourth-order valence-electron chi connectivity index (χ4n) is 2.01. The number of nitrogens with zero attached hydrogens (tertiary/aromatic N) is 5. The normalized spacial score (nSPS) is 11.2. The molecule has 0 unspecified atom stereocenters. The van der Waals surface area contributed by atoms with Crippen molar-refractivity contribution in [2.45, 2.75) is 6.54 Å². The Morgan fingerprint density at radius 2 is 2.00 bits per heavy atom. The second kappa shape index (κ2) is 5.37. The lowest BCUT2D eigenvalue weighted by Crippen LogP contribution is -2.11. The van der Waals surface area contributed by atoms with Crippen molar-refractivity contribution in [3.05, 3.63) is 42.4 Å². The Hall–Kier alpha value is -2.67. The molecule has 0 aliphatic rings. The summed E-state index contributed by atoms with van der Waals surface area (Å²) in [5.74, 6) is 1.47. The summed E-state index contributed by atoms with van der Waals surface area (Å²) in [4.78, 5) is 6.30. The molecule has 0 aliphatic heterocycles. The highest BCUT2D eigenvalue weighted by atomic mass is 16.5. The Morgan fingerprint density at radius 3 is 2.71 bits per heavy atom. The predicted molar refractivity (Wildman–Crippen MR) is 78.7 cm³/mol. The highest BCUT2D eigenvalue weighted by Crippen LogP contribution is 2.26. The highest BCUT2D eigenvalue weighted by Gasteiger charge is 2.17. The molecule has 0 amide bonds. The first kappa shape index (κ1) is 13.3. The van der Waals surface area contributed by atoms with Gasteiger partial charge in [0, 0.05) is 0 Å². The maximum atomic E-state index is 6.14. The first-order valence-electron chi connectivity index (χ1n) is 6.52. The van der Waals surface area contributed by atoms with E-state index in [-0.39, 0.29) is 0 Å². The summed E-state index contributed by atoms with van der Waals surface area (Å²) >= 11 is 0. The molecule has 0 aliphatic carbocycles. The van der Waals surface area contributed by atoms with Crippen LogP contribution in [0, 0.1) is 0 Å². The van der Waals surface area contributed by atoms with Crippen LogP contribution in [-0.4, -0.2) is 38.9 Å². The van der Waals surface area contributed by atoms with Gasteiger partial charge in [0.15, 0.2) is 5.82 Å². The van der Waals surface area contributed by atoms with Gasteiger partial charge in [-0.1, -0.05) is 23.4 Å². The molecule has 21 heavy (non-hydrogen) atoms. The van der Waals surface area contributed by atoms with E-state index in [9.17, 15) is 0 Å². The Morgan fingerprint density at radius 1 is 1.24 bits per heavy atom. The Labute approximate surface area is 122 Å². The zero-order chi connectivity index (χ0) is 14.8. The topological polar surface area (TPSA) is 86.0 Å². The van der Waals surface area contributed by atoms with Crippen LogP contribution in [0.15, 0.2) is 41.1 Å². The molecule has 0 fully saturated rings. The Balaban J connectivity index is 1.94. The second-order valence-corrected chi connectivity index (χ2v) is 4.94. The van der Waals surface area contributed by atoms with Gasteiger partial charge in [-0.3, -0.25) is 0 Å². The molecule has 108 valence electrons. The van der Waals surface area contributed by atoms with Crippen LogP contribution in [0.2, 0.25) is 0 Å². The van der Waals surface area contributed by atoms with Crippen molar-refractivity contribution < 1.29 is 4.52 Å². The van der Waals surface area contributed by atoms with Gasteiger partial charge in [0.1, 0.15) is 11.4 Å². The minimum absolute atomic E-state index is 0.381. The van der Waals surface area contributed by atoms with E-state index >= 15 is 0 Å². The first-order valence-corrected chi connectivity index (χ1v) is 6.52. The van der Waals surface area contributed by atoms with Gasteiger partial charge in [0.2, 0.25) is 0 Å². The molecule has 3 rings (SSSR count). The zero-order valence-electron chi connectivity index (χ0n) is 11.9. The van der Waals surface area contributed by atoms with E-state index < -0.39 is 0 Å². The number of nitrogen functional groups attached to an aromatic ring is 1. The second-order valence-electron chi connectivity index (χ2n) is 4.94. The molecule has 2 heterocycles. The third-order valence-electron chi connectivity index (χ3n) is 2.96. The van der Waals surface area contributed by atoms with Crippen LogP contribution in [0.4, 0.5) is 5.82 Å². The highest BCUT2D eigenvalue weighted by molar-refractivity contribution is 5.68. The number of hydrogen-bond donors (Lipinski definition) is 1. The lowest BCUT2D eigenvalue weighted by Gasteiger charge is -2.03. The van der Waals surface area contributed by atoms with Crippen LogP contribution in [0.1, 0.15) is 5.82 Å². The van der Waals surface area contributed by atoms with Gasteiger partial charge in [-0.25, -0.2) is 4.68 Å². The van der Waals surface area contributed by atoms with Crippen LogP contribution in [0.25, 0.3) is 17.1 Å². The van der Waals surface area contributed by atoms with Gasteiger partial charge in [0.05, 0.1) is 18.4 Å². The fraction of sp³-hybridized carbons (Fsp3) is 0.214. The maximum absolute atomic E-state index is 6.14. The molecule has 2 N–H and O–H groups in total. The molecule has 1 aromatic carbocycles. The fourth-order valence-corrected chi connectivity index (χ4v) is 2.01. The molecule has 0 saturated heterocycles. The average molecular weight is 284 g/mol. The van der Waals surface area contributed by atoms with E-state index in [4.69, 9.17) is 10.3 Å². The summed E-state index contributed by atoms with van der Waals surface area (Å²) in [5, 5.41) is 8.22. The molecule has 0 radical (unpaired) electrons. The molecular formula is C14H16N6O. The zero-order valence-corrected chi connectivity index (χ0v) is 11.9. The molecule has 2 aromatic heterocycles. The average Bonchev–Trinajstić information content (AvgIpc) is 3.06. The summed E-state index contributed by atoms with van der Waals surface area (Å²) < 4.78 is 6.90. The smallest absolute Gasteiger partial charge is 0.263 e. The number of aromatic nitrogens is 4. The van der Waals surface area contributed by atoms with E-state index in [0.29, 0.717) is 29.6 Å². The van der Waals surface area contributed by atoms with Gasteiger partial charge >= 0.3 is 0 Å². The van der Waals surface area contributed by atoms with Gasteiger partial charge < -0.3 is 15.2 Å². The summed E-state index contributed by atoms with van der Waals surface area (Å²) in [6.07, 6.45) is 1.63. The molecule has 7 heteroatoms. The van der Waals surface area contributed by atoms with Crippen LogP contribution in [0.5, 0.6) is 0 Å². The van der Waals surface area contributed by atoms with Crippen LogP contribution in [0.3, 0.4) is 0 Å². The van der Waals surface area contributed by atoms with Crippen molar-refractivity contribution in [1.82, 2.24) is 24.8 Å². The Bertz CT molecular complexity index is 731. The van der Waals surface area contributed by atoms with Crippen LogP contribution < -0.4 is 5.73 Å². The van der Waals surface area contributed by atoms with Crippen molar-refractivity contribution in [2.75, 3.05) is 19.8 Å². The third kappa shape index (κ3) is 2.63. The van der Waals surface area contributed by atoms with Gasteiger partial charge in [-0.2, -0.15) is 10.1 Å². The van der Waals surface area contributed by atoms with Crippen molar-refractivity contribution in [1.29, 1.82) is 0 Å². The predicted octanol–water partition coefficient (Wildman–Crippen LogP) is 1.57. The number of benzene rings is 1. The van der Waals surface area contributed by atoms with Crippen molar-refractivity contribution in [3.63, 3.8) is 0 Å². The summed E-state index contributed by atoms with van der Waals surface area (Å²) in [7, 11) is 3.88. The molecule has 0 spiro atoms. The van der Waals surface area contributed by atoms with E-state index in [1.165, 1.54) is 0 Å². The van der Waals surface area contributed by atoms with Crippen molar-refractivity contribution >= 4 is 5.82 Å². The third-order valence-corrected chi connectivity index (χ3v) is 2.96. The molecular weight excluding hydrogens is 268 g/mol. The first-order chi connectivity index (χ1) is 10.1. The van der Waals surface area contributed by atoms with E-state index in [1.807, 2.05) is 49.3 Å². The number of nitrogens with two attached hydrogens (primary N) is 1. The molecule has 3 aromatic rings. The largest absolute Gasteiger partial charge is 0.383 e. The van der Waals surface area contributed by atoms with Crippen LogP contribution in [-0.2, 0) is 6.54 Å². The molecule has 0 saturated carbocycles. The molecule has 0 bridgehead atoms. The molecule has 7 nitrogen and oxygen atoms in total. The standard InChI is InChI=1S/C14H16N6O/c1-19(2)9-12-17-14(21-18-12)11-8-16-20(13(11)15)10-6-4-3-5-7-10/h3-8H,9,15H2,1-2H3. The Kier molecular flexibility index (Phi) is 3.41. The number of rotatable bonds is 4. The number of para-hydroxylation sites is 1. The van der Waals surface area contributed by atoms with E-state index in [0.717, 1.165) is 5.69 Å².